The summed E-state index contributed by atoms with van der Waals surface area (Å²) in [5, 5.41) is 5.07. The van der Waals surface area contributed by atoms with E-state index in [1.54, 1.807) is 0 Å². The van der Waals surface area contributed by atoms with Crippen LogP contribution in [-0.2, 0) is 23.0 Å². The number of nitrogens with two attached hydrogens (primary N) is 1. The van der Waals surface area contributed by atoms with Gasteiger partial charge in [-0.15, -0.1) is 0 Å². The second-order valence-electron chi connectivity index (χ2n) is 4.51. The van der Waals surface area contributed by atoms with Gasteiger partial charge in [-0.25, -0.2) is 18.5 Å². The van der Waals surface area contributed by atoms with Gasteiger partial charge in [0.2, 0.25) is 0 Å². The molecule has 0 aliphatic rings. The van der Waals surface area contributed by atoms with Crippen LogP contribution in [0, 0.1) is 0 Å². The van der Waals surface area contributed by atoms with Crippen molar-refractivity contribution in [1.82, 2.24) is 9.55 Å². The molecule has 2 rings (SSSR count). The third-order valence-corrected chi connectivity index (χ3v) is 4.45. The van der Waals surface area contributed by atoms with Gasteiger partial charge >= 0.3 is 0 Å². The van der Waals surface area contributed by atoms with Crippen molar-refractivity contribution < 1.29 is 8.42 Å². The number of nitrogens with zero attached hydrogens (tertiary/aromatic N) is 2. The highest BCUT2D eigenvalue weighted by atomic mass is 79.9. The standard InChI is InChI=1S/C13H16BrN3O2S/c1-2-5-12-16-13(20(15,18)19)9-17(12)8-10-6-3-4-7-11(10)14/h3-4,6-7,9H,2,5,8H2,1H3,(H2,15,18,19). The second kappa shape index (κ2) is 6.07. The van der Waals surface area contributed by atoms with Gasteiger partial charge in [-0.2, -0.15) is 0 Å². The van der Waals surface area contributed by atoms with Crippen LogP contribution in [0.15, 0.2) is 40.0 Å². The molecule has 0 unspecified atom stereocenters. The molecular weight excluding hydrogens is 342 g/mol. The number of imidazole rings is 1. The Balaban J connectivity index is 2.40. The van der Waals surface area contributed by atoms with Crippen LogP contribution in [0.3, 0.4) is 0 Å². The van der Waals surface area contributed by atoms with E-state index in [2.05, 4.69) is 20.9 Å². The largest absolute Gasteiger partial charge is 0.329 e. The first-order valence-corrected chi connectivity index (χ1v) is 8.58. The van der Waals surface area contributed by atoms with Gasteiger partial charge in [0.1, 0.15) is 5.82 Å². The van der Waals surface area contributed by atoms with Gasteiger partial charge in [0.15, 0.2) is 5.03 Å². The molecule has 0 aliphatic carbocycles. The maximum atomic E-state index is 11.4. The lowest BCUT2D eigenvalue weighted by Crippen LogP contribution is -2.12. The molecule has 1 aromatic carbocycles. The summed E-state index contributed by atoms with van der Waals surface area (Å²) >= 11 is 3.49. The Labute approximate surface area is 127 Å². The van der Waals surface area contributed by atoms with Crippen molar-refractivity contribution >= 4 is 26.0 Å². The van der Waals surface area contributed by atoms with E-state index < -0.39 is 10.0 Å². The number of hydrogen-bond acceptors (Lipinski definition) is 3. The number of sulfonamides is 1. The van der Waals surface area contributed by atoms with Crippen LogP contribution in [0.4, 0.5) is 0 Å². The van der Waals surface area contributed by atoms with Gasteiger partial charge in [0, 0.05) is 23.6 Å². The van der Waals surface area contributed by atoms with E-state index in [-0.39, 0.29) is 5.03 Å². The molecule has 2 aromatic rings. The maximum Gasteiger partial charge on any atom is 0.257 e. The molecule has 5 nitrogen and oxygen atoms in total. The molecule has 1 aromatic heterocycles. The van der Waals surface area contributed by atoms with Crippen molar-refractivity contribution in [1.29, 1.82) is 0 Å². The van der Waals surface area contributed by atoms with E-state index in [0.717, 1.165) is 22.3 Å². The Morgan fingerprint density at radius 1 is 1.35 bits per heavy atom. The van der Waals surface area contributed by atoms with E-state index in [1.165, 1.54) is 6.20 Å². The first-order chi connectivity index (χ1) is 9.41. The molecule has 0 atom stereocenters. The van der Waals surface area contributed by atoms with Gasteiger partial charge in [-0.05, 0) is 18.1 Å². The molecule has 1 heterocycles. The fourth-order valence-electron chi connectivity index (χ4n) is 1.94. The van der Waals surface area contributed by atoms with E-state index >= 15 is 0 Å². The minimum absolute atomic E-state index is 0.0759. The molecule has 0 radical (unpaired) electrons. The van der Waals surface area contributed by atoms with Gasteiger partial charge in [-0.3, -0.25) is 0 Å². The average Bonchev–Trinajstić information content (AvgIpc) is 2.76. The Kier molecular flexibility index (Phi) is 4.62. The Hall–Kier alpha value is -1.18. The average molecular weight is 358 g/mol. The molecule has 0 bridgehead atoms. The third kappa shape index (κ3) is 3.47. The fourth-order valence-corrected chi connectivity index (χ4v) is 2.85. The van der Waals surface area contributed by atoms with Crippen molar-refractivity contribution in [2.75, 3.05) is 0 Å². The van der Waals surface area contributed by atoms with E-state index in [0.29, 0.717) is 13.0 Å². The Morgan fingerprint density at radius 2 is 2.05 bits per heavy atom. The zero-order valence-electron chi connectivity index (χ0n) is 11.1. The quantitative estimate of drug-likeness (QED) is 0.891. The molecule has 0 saturated heterocycles. The molecule has 7 heteroatoms. The summed E-state index contributed by atoms with van der Waals surface area (Å²) in [7, 11) is -3.77. The topological polar surface area (TPSA) is 78.0 Å². The highest BCUT2D eigenvalue weighted by Crippen LogP contribution is 2.19. The van der Waals surface area contributed by atoms with Crippen LogP contribution in [0.2, 0.25) is 0 Å². The van der Waals surface area contributed by atoms with Crippen molar-refractivity contribution in [3.05, 3.63) is 46.3 Å². The van der Waals surface area contributed by atoms with Crippen molar-refractivity contribution in [3.63, 3.8) is 0 Å². The summed E-state index contributed by atoms with van der Waals surface area (Å²) in [4.78, 5) is 4.13. The second-order valence-corrected chi connectivity index (χ2v) is 6.87. The van der Waals surface area contributed by atoms with Crippen molar-refractivity contribution in [2.45, 2.75) is 31.3 Å². The molecule has 108 valence electrons. The fraction of sp³-hybridized carbons (Fsp3) is 0.308. The number of aryl methyl sites for hydroxylation is 1. The molecule has 0 saturated carbocycles. The van der Waals surface area contributed by atoms with Crippen LogP contribution >= 0.6 is 15.9 Å². The monoisotopic (exact) mass is 357 g/mol. The highest BCUT2D eigenvalue weighted by Gasteiger charge is 2.16. The van der Waals surface area contributed by atoms with Gasteiger partial charge in [0.25, 0.3) is 10.0 Å². The predicted octanol–water partition coefficient (Wildman–Crippen LogP) is 2.29. The zero-order valence-corrected chi connectivity index (χ0v) is 13.5. The minimum atomic E-state index is -3.77. The summed E-state index contributed by atoms with van der Waals surface area (Å²) in [6.45, 7) is 2.58. The zero-order chi connectivity index (χ0) is 14.8. The van der Waals surface area contributed by atoms with Crippen LogP contribution < -0.4 is 5.14 Å². The Morgan fingerprint density at radius 3 is 2.65 bits per heavy atom. The number of benzene rings is 1. The minimum Gasteiger partial charge on any atom is -0.329 e. The molecule has 0 fully saturated rings. The molecule has 0 aliphatic heterocycles. The highest BCUT2D eigenvalue weighted by molar-refractivity contribution is 9.10. The van der Waals surface area contributed by atoms with E-state index in [4.69, 9.17) is 5.14 Å². The molecule has 20 heavy (non-hydrogen) atoms. The summed E-state index contributed by atoms with van der Waals surface area (Å²) in [6.07, 6.45) is 3.09. The lowest BCUT2D eigenvalue weighted by Gasteiger charge is -2.08. The van der Waals surface area contributed by atoms with Crippen LogP contribution in [0.5, 0.6) is 0 Å². The van der Waals surface area contributed by atoms with Crippen LogP contribution in [0.25, 0.3) is 0 Å². The summed E-state index contributed by atoms with van der Waals surface area (Å²) in [5.41, 5.74) is 1.06. The number of aromatic nitrogens is 2. The number of rotatable bonds is 5. The predicted molar refractivity (Wildman–Crippen MR) is 80.8 cm³/mol. The van der Waals surface area contributed by atoms with E-state index in [9.17, 15) is 8.42 Å². The number of halogens is 1. The lowest BCUT2D eigenvalue weighted by molar-refractivity contribution is 0.594. The Bertz CT molecular complexity index is 710. The molecule has 0 amide bonds. The van der Waals surface area contributed by atoms with Gasteiger partial charge in [0.05, 0.1) is 0 Å². The van der Waals surface area contributed by atoms with Crippen molar-refractivity contribution in [2.24, 2.45) is 5.14 Å². The van der Waals surface area contributed by atoms with Crippen LogP contribution in [-0.4, -0.2) is 18.0 Å². The van der Waals surface area contributed by atoms with E-state index in [1.807, 2.05) is 35.8 Å². The van der Waals surface area contributed by atoms with Gasteiger partial charge in [-0.1, -0.05) is 41.1 Å². The molecular formula is C13H16BrN3O2S. The first-order valence-electron chi connectivity index (χ1n) is 6.24. The first kappa shape index (κ1) is 15.2. The van der Waals surface area contributed by atoms with Crippen molar-refractivity contribution in [3.8, 4) is 0 Å². The third-order valence-electron chi connectivity index (χ3n) is 2.90. The lowest BCUT2D eigenvalue weighted by atomic mass is 10.2. The normalized spacial score (nSPS) is 11.8. The maximum absolute atomic E-state index is 11.4. The number of primary sulfonamides is 1. The molecule has 0 spiro atoms. The summed E-state index contributed by atoms with van der Waals surface area (Å²) < 4.78 is 25.6. The molecule has 2 N–H and O–H groups in total. The smallest absolute Gasteiger partial charge is 0.257 e. The summed E-state index contributed by atoms with van der Waals surface area (Å²) in [6, 6.07) is 7.81. The van der Waals surface area contributed by atoms with Crippen LogP contribution in [0.1, 0.15) is 24.7 Å². The number of hydrogen-bond donors (Lipinski definition) is 1. The van der Waals surface area contributed by atoms with Gasteiger partial charge < -0.3 is 4.57 Å². The SMILES string of the molecule is CCCc1nc(S(N)(=O)=O)cn1Cc1ccccc1Br. The summed E-state index contributed by atoms with van der Waals surface area (Å²) in [5.74, 6) is 0.729.